The van der Waals surface area contributed by atoms with E-state index in [0.717, 1.165) is 11.4 Å². The van der Waals surface area contributed by atoms with Crippen LogP contribution in [0.25, 0.3) is 77.2 Å². The van der Waals surface area contributed by atoms with Crippen molar-refractivity contribution >= 4 is 72.4 Å². The minimum absolute atomic E-state index is 0.543. The van der Waals surface area contributed by atoms with Gasteiger partial charge in [0.15, 0.2) is 8.07 Å². The van der Waals surface area contributed by atoms with E-state index < -0.39 is 13.5 Å². The number of para-hydroxylation sites is 2. The van der Waals surface area contributed by atoms with Gasteiger partial charge in [-0.2, -0.15) is 0 Å². The Morgan fingerprint density at radius 2 is 0.684 bits per heavy atom. The zero-order valence-electron chi connectivity index (χ0n) is 41.8. The average molecular weight is 983 g/mol. The largest absolute Gasteiger partial charge is 0.309 e. The van der Waals surface area contributed by atoms with Crippen LogP contribution in [0.3, 0.4) is 0 Å². The van der Waals surface area contributed by atoms with Gasteiger partial charge in [0.2, 0.25) is 0 Å². The molecule has 3 heteroatoms. The smallest absolute Gasteiger partial charge is 0.179 e. The van der Waals surface area contributed by atoms with Crippen LogP contribution in [-0.2, 0) is 5.41 Å². The number of aromatic nitrogens is 2. The molecule has 0 saturated heterocycles. The van der Waals surface area contributed by atoms with Gasteiger partial charge in [-0.25, -0.2) is 0 Å². The molecule has 15 rings (SSSR count). The molecule has 0 bridgehead atoms. The van der Waals surface area contributed by atoms with Gasteiger partial charge >= 0.3 is 0 Å². The molecule has 0 unspecified atom stereocenters. The highest BCUT2D eigenvalue weighted by molar-refractivity contribution is 7.19. The zero-order valence-corrected chi connectivity index (χ0v) is 42.8. The van der Waals surface area contributed by atoms with E-state index in [1.807, 2.05) is 0 Å². The molecule has 2 aromatic heterocycles. The van der Waals surface area contributed by atoms with Gasteiger partial charge in [-0.15, -0.1) is 0 Å². The Hall–Kier alpha value is -9.54. The van der Waals surface area contributed by atoms with Crippen LogP contribution in [-0.4, -0.2) is 17.2 Å². The van der Waals surface area contributed by atoms with E-state index in [4.69, 9.17) is 0 Å². The van der Waals surface area contributed by atoms with Gasteiger partial charge in [0.05, 0.1) is 27.5 Å². The Bertz CT molecular complexity index is 4360. The predicted molar refractivity (Wildman–Crippen MR) is 321 cm³/mol. The second kappa shape index (κ2) is 17.6. The van der Waals surface area contributed by atoms with Gasteiger partial charge in [0.25, 0.3) is 0 Å². The molecule has 0 radical (unpaired) electrons. The van der Waals surface area contributed by atoms with Crippen molar-refractivity contribution in [2.75, 3.05) is 0 Å². The molecular weight excluding hydrogens is 933 g/mol. The van der Waals surface area contributed by atoms with Crippen LogP contribution in [0.2, 0.25) is 0 Å². The molecular formula is C73H50N2Si. The number of fused-ring (bicyclic) bond motifs is 9. The van der Waals surface area contributed by atoms with E-state index in [9.17, 15) is 0 Å². The van der Waals surface area contributed by atoms with Crippen molar-refractivity contribution in [1.82, 2.24) is 9.13 Å². The summed E-state index contributed by atoms with van der Waals surface area (Å²) in [6.45, 7) is 0. The fraction of sp³-hybridized carbons (Fsp3) is 0.0137. The Kier molecular flexibility index (Phi) is 10.2. The third-order valence-corrected chi connectivity index (χ3v) is 21.3. The first-order chi connectivity index (χ1) is 37.7. The van der Waals surface area contributed by atoms with Crippen molar-refractivity contribution in [3.05, 3.63) is 326 Å². The summed E-state index contributed by atoms with van der Waals surface area (Å²) >= 11 is 0. The molecule has 356 valence electrons. The van der Waals surface area contributed by atoms with Crippen LogP contribution in [0.1, 0.15) is 22.3 Å². The first-order valence-corrected chi connectivity index (χ1v) is 28.4. The second-order valence-electron chi connectivity index (χ2n) is 20.3. The standard InChI is InChI=1S/C73H50N2Si/c1-6-25-51(26-7-1)73(52-27-8-2-9-28-52)66-43-19-16-37-59(66)62-41-23-42-63(72(62)73)61-40-24-46-70-71(61)64-39-18-21-45-68(64)75(70)54-47-48-69-65(50-54)60-38-17-20-44-67(60)74(69)53-29-22-36-58(49-53)76(55-30-10-3-11-31-55,56-32-12-4-13-33-56)57-34-14-5-15-35-57/h1-50H. The summed E-state index contributed by atoms with van der Waals surface area (Å²) in [6, 6.07) is 113. The molecule has 1 aliphatic carbocycles. The van der Waals surface area contributed by atoms with Crippen molar-refractivity contribution in [3.63, 3.8) is 0 Å². The molecule has 14 aromatic rings. The summed E-state index contributed by atoms with van der Waals surface area (Å²) in [4.78, 5) is 0. The minimum atomic E-state index is -2.79. The number of rotatable bonds is 9. The van der Waals surface area contributed by atoms with Crippen LogP contribution in [0.15, 0.2) is 303 Å². The van der Waals surface area contributed by atoms with Crippen molar-refractivity contribution in [3.8, 4) is 33.6 Å². The van der Waals surface area contributed by atoms with E-state index >= 15 is 0 Å². The average Bonchev–Trinajstić information content (AvgIpc) is 4.24. The molecule has 0 saturated carbocycles. The van der Waals surface area contributed by atoms with Gasteiger partial charge in [0.1, 0.15) is 0 Å². The van der Waals surface area contributed by atoms with Crippen LogP contribution in [0.5, 0.6) is 0 Å². The fourth-order valence-electron chi connectivity index (χ4n) is 13.6. The van der Waals surface area contributed by atoms with Gasteiger partial charge in [-0.05, 0) is 114 Å². The van der Waals surface area contributed by atoms with Crippen molar-refractivity contribution in [2.24, 2.45) is 0 Å². The quantitative estimate of drug-likeness (QED) is 0.101. The predicted octanol–water partition coefficient (Wildman–Crippen LogP) is 15.3. The molecule has 0 atom stereocenters. The third-order valence-electron chi connectivity index (χ3n) is 16.5. The van der Waals surface area contributed by atoms with Crippen LogP contribution >= 0.6 is 0 Å². The lowest BCUT2D eigenvalue weighted by atomic mass is 9.66. The molecule has 12 aromatic carbocycles. The van der Waals surface area contributed by atoms with E-state index in [1.165, 1.54) is 109 Å². The number of hydrogen-bond donors (Lipinski definition) is 0. The summed E-state index contributed by atoms with van der Waals surface area (Å²) in [5.41, 5.74) is 16.7. The second-order valence-corrected chi connectivity index (χ2v) is 24.1. The Morgan fingerprint density at radius 1 is 0.263 bits per heavy atom. The molecule has 0 spiro atoms. The molecule has 76 heavy (non-hydrogen) atoms. The Labute approximate surface area is 443 Å². The van der Waals surface area contributed by atoms with Gasteiger partial charge < -0.3 is 9.13 Å². The van der Waals surface area contributed by atoms with Crippen molar-refractivity contribution in [2.45, 2.75) is 5.41 Å². The highest BCUT2D eigenvalue weighted by Crippen LogP contribution is 2.59. The maximum absolute atomic E-state index is 2.79. The number of hydrogen-bond acceptors (Lipinski definition) is 0. The molecule has 0 aliphatic heterocycles. The maximum atomic E-state index is 2.50. The number of benzene rings is 12. The molecule has 2 heterocycles. The molecule has 0 amide bonds. The molecule has 2 nitrogen and oxygen atoms in total. The highest BCUT2D eigenvalue weighted by Gasteiger charge is 2.48. The number of nitrogens with zero attached hydrogens (tertiary/aromatic N) is 2. The monoisotopic (exact) mass is 982 g/mol. The molecule has 1 aliphatic rings. The van der Waals surface area contributed by atoms with E-state index in [-0.39, 0.29) is 0 Å². The first-order valence-electron chi connectivity index (χ1n) is 26.4. The van der Waals surface area contributed by atoms with Crippen molar-refractivity contribution < 1.29 is 0 Å². The lowest BCUT2D eigenvalue weighted by Crippen LogP contribution is -2.74. The summed E-state index contributed by atoms with van der Waals surface area (Å²) in [7, 11) is -2.79. The topological polar surface area (TPSA) is 9.86 Å². The maximum Gasteiger partial charge on any atom is 0.179 e. The fourth-order valence-corrected chi connectivity index (χ4v) is 18.4. The summed E-state index contributed by atoms with van der Waals surface area (Å²) in [5, 5.41) is 10.3. The molecule has 0 N–H and O–H groups in total. The normalized spacial score (nSPS) is 12.8. The van der Waals surface area contributed by atoms with Gasteiger partial charge in [-0.1, -0.05) is 255 Å². The third kappa shape index (κ3) is 6.33. The summed E-state index contributed by atoms with van der Waals surface area (Å²) in [5.74, 6) is 0. The van der Waals surface area contributed by atoms with Gasteiger partial charge in [0, 0.05) is 32.9 Å². The van der Waals surface area contributed by atoms with E-state index in [1.54, 1.807) is 0 Å². The molecule has 0 fully saturated rings. The minimum Gasteiger partial charge on any atom is -0.309 e. The lowest BCUT2D eigenvalue weighted by molar-refractivity contribution is 0.770. The Morgan fingerprint density at radius 3 is 1.33 bits per heavy atom. The van der Waals surface area contributed by atoms with Crippen molar-refractivity contribution in [1.29, 1.82) is 0 Å². The van der Waals surface area contributed by atoms with Crippen LogP contribution < -0.4 is 20.7 Å². The summed E-state index contributed by atoms with van der Waals surface area (Å²) in [6.07, 6.45) is 0. The first kappa shape index (κ1) is 44.0. The summed E-state index contributed by atoms with van der Waals surface area (Å²) < 4.78 is 4.99. The van der Waals surface area contributed by atoms with Gasteiger partial charge in [-0.3, -0.25) is 0 Å². The lowest BCUT2D eigenvalue weighted by Gasteiger charge is -2.35. The van der Waals surface area contributed by atoms with E-state index in [0.29, 0.717) is 0 Å². The highest BCUT2D eigenvalue weighted by atomic mass is 28.3. The Balaban J connectivity index is 0.944. The van der Waals surface area contributed by atoms with Crippen LogP contribution in [0, 0.1) is 0 Å². The van der Waals surface area contributed by atoms with E-state index in [2.05, 4.69) is 312 Å². The SMILES string of the molecule is c1ccc(C2(c3ccccc3)c3ccccc3-c3cccc(-c4cccc5c4c4ccccc4n5-c4ccc5c(c4)c4ccccc4n5-c4cccc([Si](c5ccccc5)(c5ccccc5)c5ccccc5)c4)c32)cc1. The zero-order chi connectivity index (χ0) is 50.2. The van der Waals surface area contributed by atoms with Crippen LogP contribution in [0.4, 0.5) is 0 Å².